The van der Waals surface area contributed by atoms with E-state index in [9.17, 15) is 15.0 Å². The van der Waals surface area contributed by atoms with Gasteiger partial charge in [-0.05, 0) is 30.3 Å². The van der Waals surface area contributed by atoms with Crippen LogP contribution in [0.2, 0.25) is 0 Å². The Morgan fingerprint density at radius 2 is 1.48 bits per heavy atom. The molecule has 0 amide bonds. The Morgan fingerprint density at radius 3 is 2.17 bits per heavy atom. The molecule has 0 bridgehead atoms. The van der Waals surface area contributed by atoms with Crippen molar-refractivity contribution in [3.05, 3.63) is 72.3 Å². The van der Waals surface area contributed by atoms with Crippen molar-refractivity contribution in [3.8, 4) is 23.3 Å². The van der Waals surface area contributed by atoms with Crippen molar-refractivity contribution in [1.82, 2.24) is 4.73 Å². The quantitative estimate of drug-likeness (QED) is 0.774. The van der Waals surface area contributed by atoms with Crippen LogP contribution in [0, 0.1) is 0 Å². The van der Waals surface area contributed by atoms with Gasteiger partial charge in [0.25, 0.3) is 0 Å². The minimum Gasteiger partial charge on any atom is -0.492 e. The minimum absolute atomic E-state index is 0.214. The van der Waals surface area contributed by atoms with Gasteiger partial charge in [-0.15, -0.1) is 4.73 Å². The van der Waals surface area contributed by atoms with Gasteiger partial charge in [-0.1, -0.05) is 24.3 Å². The van der Waals surface area contributed by atoms with Crippen LogP contribution in [-0.4, -0.2) is 20.9 Å². The topological polar surface area (TPSA) is 80.9 Å². The van der Waals surface area contributed by atoms with Gasteiger partial charge < -0.3 is 19.8 Å². The molecule has 1 aromatic heterocycles. The van der Waals surface area contributed by atoms with Gasteiger partial charge in [-0.3, -0.25) is 0 Å². The summed E-state index contributed by atoms with van der Waals surface area (Å²) in [5, 5.41) is 19.0. The third-order valence-corrected chi connectivity index (χ3v) is 3.02. The first-order chi connectivity index (χ1) is 11.1. The Morgan fingerprint density at radius 1 is 0.826 bits per heavy atom. The molecule has 0 fully saturated rings. The maximum atomic E-state index is 12.1. The van der Waals surface area contributed by atoms with Crippen molar-refractivity contribution < 1.29 is 24.6 Å². The number of carbonyl (C=O) groups excluding carboxylic acids is 1. The van der Waals surface area contributed by atoms with Crippen LogP contribution in [0.3, 0.4) is 0 Å². The summed E-state index contributed by atoms with van der Waals surface area (Å²) in [4.78, 5) is 17.0. The van der Waals surface area contributed by atoms with Gasteiger partial charge in [0.05, 0.1) is 5.56 Å². The van der Waals surface area contributed by atoms with Gasteiger partial charge in [-0.2, -0.15) is 0 Å². The predicted octanol–water partition coefficient (Wildman–Crippen LogP) is 2.96. The molecule has 6 heteroatoms. The van der Waals surface area contributed by atoms with E-state index in [1.54, 1.807) is 24.3 Å². The molecule has 0 spiro atoms. The smallest absolute Gasteiger partial charge is 0.364 e. The van der Waals surface area contributed by atoms with E-state index in [0.29, 0.717) is 16.2 Å². The Labute approximate surface area is 131 Å². The zero-order valence-corrected chi connectivity index (χ0v) is 11.9. The van der Waals surface area contributed by atoms with Crippen molar-refractivity contribution in [2.45, 2.75) is 0 Å². The zero-order chi connectivity index (χ0) is 16.2. The number of rotatable bonds is 4. The number of para-hydroxylation sites is 1. The third kappa shape index (κ3) is 3.26. The van der Waals surface area contributed by atoms with Crippen LogP contribution in [0.15, 0.2) is 66.7 Å². The lowest BCUT2D eigenvalue weighted by atomic mass is 10.2. The lowest BCUT2D eigenvalue weighted by Gasteiger charge is -2.09. The Bertz CT molecular complexity index is 807. The second-order valence-corrected chi connectivity index (χ2v) is 4.67. The third-order valence-electron chi connectivity index (χ3n) is 3.02. The molecule has 0 aliphatic rings. The summed E-state index contributed by atoms with van der Waals surface area (Å²) in [5.74, 6) is -0.407. The summed E-state index contributed by atoms with van der Waals surface area (Å²) in [6, 6.07) is 17.9. The van der Waals surface area contributed by atoms with E-state index in [4.69, 9.17) is 9.57 Å². The van der Waals surface area contributed by atoms with Crippen LogP contribution in [0.1, 0.15) is 10.4 Å². The molecule has 116 valence electrons. The van der Waals surface area contributed by atoms with E-state index in [1.165, 1.54) is 24.3 Å². The molecule has 23 heavy (non-hydrogen) atoms. The van der Waals surface area contributed by atoms with Crippen molar-refractivity contribution in [2.24, 2.45) is 0 Å². The second kappa shape index (κ2) is 6.15. The first-order valence-electron chi connectivity index (χ1n) is 6.79. The van der Waals surface area contributed by atoms with Crippen LogP contribution < -0.4 is 9.57 Å². The highest BCUT2D eigenvalue weighted by Gasteiger charge is 2.14. The lowest BCUT2D eigenvalue weighted by Crippen LogP contribution is -2.19. The summed E-state index contributed by atoms with van der Waals surface area (Å²) < 4.78 is 6.27. The minimum atomic E-state index is -0.745. The molecular weight excluding hydrogens is 298 g/mol. The molecule has 0 radical (unpaired) electrons. The van der Waals surface area contributed by atoms with E-state index in [0.717, 1.165) is 0 Å². The maximum Gasteiger partial charge on any atom is 0.364 e. The normalized spacial score (nSPS) is 10.3. The molecule has 0 saturated carbocycles. The average molecular weight is 311 g/mol. The molecule has 0 aliphatic heterocycles. The molecule has 0 aliphatic carbocycles. The molecule has 2 N–H and O–H groups in total. The molecular formula is C17H13NO5. The number of carbonyl (C=O) groups is 1. The van der Waals surface area contributed by atoms with Gasteiger partial charge in [0.15, 0.2) is 0 Å². The number of nitrogens with zero attached hydrogens (tertiary/aromatic N) is 1. The molecule has 3 aromatic rings. The lowest BCUT2D eigenvalue weighted by molar-refractivity contribution is 0.0381. The molecule has 1 heterocycles. The summed E-state index contributed by atoms with van der Waals surface area (Å²) in [7, 11) is 0. The van der Waals surface area contributed by atoms with Gasteiger partial charge in [-0.25, -0.2) is 4.79 Å². The fourth-order valence-electron chi connectivity index (χ4n) is 1.94. The maximum absolute atomic E-state index is 12.1. The molecule has 6 nitrogen and oxygen atoms in total. The fraction of sp³-hybridized carbons (Fsp3) is 0. The number of benzene rings is 2. The number of hydrogen-bond acceptors (Lipinski definition) is 5. The molecule has 0 unspecified atom stereocenters. The highest BCUT2D eigenvalue weighted by molar-refractivity contribution is 5.90. The first kappa shape index (κ1) is 14.5. The molecule has 0 atom stereocenters. The van der Waals surface area contributed by atoms with Crippen LogP contribution in [-0.2, 0) is 0 Å². The van der Waals surface area contributed by atoms with E-state index < -0.39 is 5.97 Å². The van der Waals surface area contributed by atoms with Crippen LogP contribution in [0.25, 0.3) is 0 Å². The average Bonchev–Trinajstić information content (AvgIpc) is 2.88. The number of hydrogen-bond donors (Lipinski definition) is 2. The predicted molar refractivity (Wildman–Crippen MR) is 81.6 cm³/mol. The first-order valence-corrected chi connectivity index (χ1v) is 6.79. The summed E-state index contributed by atoms with van der Waals surface area (Å²) in [6.45, 7) is 0. The van der Waals surface area contributed by atoms with Gasteiger partial charge >= 0.3 is 5.97 Å². The molecule has 3 rings (SSSR count). The van der Waals surface area contributed by atoms with Crippen LogP contribution >= 0.6 is 0 Å². The van der Waals surface area contributed by atoms with E-state index in [-0.39, 0.29) is 17.3 Å². The highest BCUT2D eigenvalue weighted by Crippen LogP contribution is 2.23. The Balaban J connectivity index is 1.78. The van der Waals surface area contributed by atoms with Crippen molar-refractivity contribution >= 4 is 5.97 Å². The summed E-state index contributed by atoms with van der Waals surface area (Å²) in [6.07, 6.45) is 0. The van der Waals surface area contributed by atoms with Gasteiger partial charge in [0.1, 0.15) is 11.5 Å². The largest absolute Gasteiger partial charge is 0.492 e. The van der Waals surface area contributed by atoms with Crippen LogP contribution in [0.4, 0.5) is 0 Å². The monoisotopic (exact) mass is 311 g/mol. The van der Waals surface area contributed by atoms with E-state index in [2.05, 4.69) is 0 Å². The molecule has 0 saturated heterocycles. The van der Waals surface area contributed by atoms with Crippen LogP contribution in [0.5, 0.6) is 23.3 Å². The number of ether oxygens (including phenoxy) is 1. The zero-order valence-electron chi connectivity index (χ0n) is 11.9. The summed E-state index contributed by atoms with van der Waals surface area (Å²) in [5.41, 5.74) is 0.214. The summed E-state index contributed by atoms with van der Waals surface area (Å²) >= 11 is 0. The van der Waals surface area contributed by atoms with Crippen molar-refractivity contribution in [1.29, 1.82) is 0 Å². The Hall–Kier alpha value is -3.41. The number of aromatic nitrogens is 1. The second-order valence-electron chi connectivity index (χ2n) is 4.67. The van der Waals surface area contributed by atoms with E-state index >= 15 is 0 Å². The van der Waals surface area contributed by atoms with Crippen molar-refractivity contribution in [3.63, 3.8) is 0 Å². The molecule has 2 aromatic carbocycles. The van der Waals surface area contributed by atoms with Gasteiger partial charge in [0.2, 0.25) is 11.8 Å². The van der Waals surface area contributed by atoms with Crippen molar-refractivity contribution in [2.75, 3.05) is 0 Å². The fourth-order valence-corrected chi connectivity index (χ4v) is 1.94. The highest BCUT2D eigenvalue weighted by atomic mass is 16.7. The van der Waals surface area contributed by atoms with Gasteiger partial charge in [0, 0.05) is 12.1 Å². The Kier molecular flexibility index (Phi) is 3.88. The number of aromatic hydroxyl groups is 2. The standard InChI is InChI=1S/C17H13NO5/c19-15-9-10-16(20)18(15)23-17(21)12-5-4-8-14(11-12)22-13-6-2-1-3-7-13/h1-11,19-20H. The SMILES string of the molecule is O=C(On1c(O)ccc1O)c1cccc(Oc2ccccc2)c1. The van der Waals surface area contributed by atoms with E-state index in [1.807, 2.05) is 18.2 Å².